The summed E-state index contributed by atoms with van der Waals surface area (Å²) in [5.41, 5.74) is -1.24. The van der Waals surface area contributed by atoms with Crippen molar-refractivity contribution in [1.82, 2.24) is 14.5 Å². The Morgan fingerprint density at radius 2 is 1.53 bits per heavy atom. The first-order valence-corrected chi connectivity index (χ1v) is 13.6. The number of sulfonamides is 1. The molecule has 0 unspecified atom stereocenters. The van der Waals surface area contributed by atoms with Crippen molar-refractivity contribution in [2.75, 3.05) is 26.2 Å². The van der Waals surface area contributed by atoms with Gasteiger partial charge in [-0.1, -0.05) is 12.1 Å². The zero-order chi connectivity index (χ0) is 24.3. The van der Waals surface area contributed by atoms with E-state index in [2.05, 4.69) is 5.32 Å². The maximum absolute atomic E-state index is 13.4. The highest BCUT2D eigenvalue weighted by Gasteiger charge is 2.52. The number of carbonyl (C=O) groups is 1. The van der Waals surface area contributed by atoms with Gasteiger partial charge in [0.1, 0.15) is 0 Å². The van der Waals surface area contributed by atoms with Gasteiger partial charge in [0.05, 0.1) is 16.5 Å². The standard InChI is InChI=1S/C24H32F3N3O3S/c1-16(22(31)28-23-13-17-10-18(14-23)12-19(11-17)15-23)29-6-8-30(9-7-29)34(32,33)21-5-3-2-4-20(21)24(25,26)27/h2-5,16-19H,6-15H2,1H3,(H,28,31)/t16-,17?,18?,19?,23?/m1/s1. The van der Waals surface area contributed by atoms with Crippen LogP contribution in [0.4, 0.5) is 13.2 Å². The lowest BCUT2D eigenvalue weighted by Gasteiger charge is -2.57. The molecule has 1 saturated heterocycles. The molecule has 5 fully saturated rings. The Balaban J connectivity index is 1.22. The third-order valence-corrected chi connectivity index (χ3v) is 10.4. The zero-order valence-electron chi connectivity index (χ0n) is 19.4. The number of carbonyl (C=O) groups excluding carboxylic acids is 1. The molecule has 1 heterocycles. The minimum Gasteiger partial charge on any atom is -0.349 e. The fourth-order valence-corrected chi connectivity index (χ4v) is 8.83. The molecule has 1 aromatic carbocycles. The van der Waals surface area contributed by atoms with Crippen LogP contribution in [0.3, 0.4) is 0 Å². The lowest BCUT2D eigenvalue weighted by molar-refractivity contribution is -0.140. The van der Waals surface area contributed by atoms with Crippen LogP contribution in [-0.4, -0.2) is 61.3 Å². The minimum atomic E-state index is -4.75. The fraction of sp³-hybridized carbons (Fsp3) is 0.708. The molecule has 1 aromatic rings. The van der Waals surface area contributed by atoms with Crippen molar-refractivity contribution in [3.63, 3.8) is 0 Å². The van der Waals surface area contributed by atoms with Gasteiger partial charge in [-0.25, -0.2) is 8.42 Å². The van der Waals surface area contributed by atoms with Crippen molar-refractivity contribution in [2.45, 2.75) is 68.1 Å². The second-order valence-corrected chi connectivity index (χ2v) is 12.7. The normalized spacial score (nSPS) is 33.1. The molecule has 4 aliphatic carbocycles. The number of hydrogen-bond donors (Lipinski definition) is 1. The number of nitrogens with zero attached hydrogens (tertiary/aromatic N) is 2. The summed E-state index contributed by atoms with van der Waals surface area (Å²) in [4.78, 5) is 14.4. The third-order valence-electron chi connectivity index (χ3n) is 8.44. The summed E-state index contributed by atoms with van der Waals surface area (Å²) in [6.45, 7) is 2.51. The molecule has 10 heteroatoms. The summed E-state index contributed by atoms with van der Waals surface area (Å²) in [5.74, 6) is 2.13. The highest BCUT2D eigenvalue weighted by molar-refractivity contribution is 7.89. The second-order valence-electron chi connectivity index (χ2n) is 10.8. The van der Waals surface area contributed by atoms with Crippen LogP contribution in [-0.2, 0) is 21.0 Å². The summed E-state index contributed by atoms with van der Waals surface area (Å²) in [5, 5.41) is 3.38. The Hall–Kier alpha value is -1.65. The van der Waals surface area contributed by atoms with Gasteiger partial charge in [-0.15, -0.1) is 0 Å². The Bertz CT molecular complexity index is 1020. The molecule has 4 bridgehead atoms. The van der Waals surface area contributed by atoms with Gasteiger partial charge in [0.25, 0.3) is 0 Å². The summed E-state index contributed by atoms with van der Waals surface area (Å²) in [6, 6.07) is 3.87. The predicted molar refractivity (Wildman–Crippen MR) is 120 cm³/mol. The van der Waals surface area contributed by atoms with Gasteiger partial charge in [0, 0.05) is 31.7 Å². The molecule has 0 aromatic heterocycles. The molecule has 6 rings (SSSR count). The topological polar surface area (TPSA) is 69.7 Å². The van der Waals surface area contributed by atoms with Gasteiger partial charge >= 0.3 is 6.18 Å². The average Bonchev–Trinajstić information content (AvgIpc) is 2.77. The molecule has 34 heavy (non-hydrogen) atoms. The summed E-state index contributed by atoms with van der Waals surface area (Å²) >= 11 is 0. The van der Waals surface area contributed by atoms with E-state index in [1.165, 1.54) is 31.4 Å². The van der Waals surface area contributed by atoms with Gasteiger partial charge in [-0.3, -0.25) is 9.69 Å². The highest BCUT2D eigenvalue weighted by Crippen LogP contribution is 2.55. The van der Waals surface area contributed by atoms with Gasteiger partial charge in [0.15, 0.2) is 0 Å². The van der Waals surface area contributed by atoms with Crippen LogP contribution in [0.1, 0.15) is 51.0 Å². The molecule has 1 amide bonds. The summed E-state index contributed by atoms with van der Waals surface area (Å²) in [6.07, 6.45) is 2.29. The van der Waals surface area contributed by atoms with Crippen LogP contribution in [0.5, 0.6) is 0 Å². The van der Waals surface area contributed by atoms with Gasteiger partial charge in [0.2, 0.25) is 15.9 Å². The largest absolute Gasteiger partial charge is 0.417 e. The van der Waals surface area contributed by atoms with Crippen molar-refractivity contribution in [1.29, 1.82) is 0 Å². The van der Waals surface area contributed by atoms with E-state index in [0.29, 0.717) is 13.1 Å². The van der Waals surface area contributed by atoms with Crippen molar-refractivity contribution in [3.05, 3.63) is 29.8 Å². The van der Waals surface area contributed by atoms with E-state index >= 15 is 0 Å². The maximum Gasteiger partial charge on any atom is 0.417 e. The molecular formula is C24H32F3N3O3S. The van der Waals surface area contributed by atoms with E-state index in [-0.39, 0.29) is 24.5 Å². The van der Waals surface area contributed by atoms with Crippen molar-refractivity contribution < 1.29 is 26.4 Å². The van der Waals surface area contributed by atoms with Crippen LogP contribution in [0.25, 0.3) is 0 Å². The van der Waals surface area contributed by atoms with E-state index in [4.69, 9.17) is 0 Å². The van der Waals surface area contributed by atoms with Gasteiger partial charge in [-0.2, -0.15) is 17.5 Å². The first-order chi connectivity index (χ1) is 16.0. The van der Waals surface area contributed by atoms with E-state index < -0.39 is 32.7 Å². The average molecular weight is 500 g/mol. The van der Waals surface area contributed by atoms with E-state index in [1.54, 1.807) is 0 Å². The van der Waals surface area contributed by atoms with Crippen LogP contribution in [0, 0.1) is 17.8 Å². The van der Waals surface area contributed by atoms with Crippen molar-refractivity contribution in [3.8, 4) is 0 Å². The fourth-order valence-electron chi connectivity index (χ4n) is 7.19. The summed E-state index contributed by atoms with van der Waals surface area (Å²) < 4.78 is 67.2. The number of amides is 1. The SMILES string of the molecule is C[C@H](C(=O)NC12CC3CC(CC(C3)C1)C2)N1CCN(S(=O)(=O)c2ccccc2C(F)(F)F)CC1. The molecule has 188 valence electrons. The number of hydrogen-bond acceptors (Lipinski definition) is 4. The Morgan fingerprint density at radius 1 is 1.00 bits per heavy atom. The number of alkyl halides is 3. The monoisotopic (exact) mass is 499 g/mol. The molecule has 0 spiro atoms. The molecule has 5 aliphatic rings. The third kappa shape index (κ3) is 4.37. The molecular weight excluding hydrogens is 467 g/mol. The molecule has 1 aliphatic heterocycles. The minimum absolute atomic E-state index is 0.0272. The lowest BCUT2D eigenvalue weighted by Crippen LogP contribution is -2.63. The van der Waals surface area contributed by atoms with E-state index in [9.17, 15) is 26.4 Å². The Kier molecular flexibility index (Phi) is 6.00. The van der Waals surface area contributed by atoms with Gasteiger partial charge < -0.3 is 5.32 Å². The summed E-state index contributed by atoms with van der Waals surface area (Å²) in [7, 11) is -4.30. The van der Waals surface area contributed by atoms with Crippen LogP contribution < -0.4 is 5.32 Å². The molecule has 4 saturated carbocycles. The second kappa shape index (κ2) is 8.48. The maximum atomic E-state index is 13.4. The number of piperazine rings is 1. The molecule has 0 radical (unpaired) electrons. The Labute approximate surface area is 198 Å². The molecule has 1 atom stereocenters. The molecule has 1 N–H and O–H groups in total. The van der Waals surface area contributed by atoms with Gasteiger partial charge in [-0.05, 0) is 75.3 Å². The van der Waals surface area contributed by atoms with Crippen LogP contribution >= 0.6 is 0 Å². The van der Waals surface area contributed by atoms with Crippen LogP contribution in [0.15, 0.2) is 29.2 Å². The van der Waals surface area contributed by atoms with Crippen molar-refractivity contribution >= 4 is 15.9 Å². The first-order valence-electron chi connectivity index (χ1n) is 12.2. The Morgan fingerprint density at radius 3 is 2.06 bits per heavy atom. The lowest BCUT2D eigenvalue weighted by atomic mass is 9.53. The van der Waals surface area contributed by atoms with E-state index in [1.807, 2.05) is 11.8 Å². The van der Waals surface area contributed by atoms with Crippen molar-refractivity contribution in [2.24, 2.45) is 17.8 Å². The van der Waals surface area contributed by atoms with Crippen LogP contribution in [0.2, 0.25) is 0 Å². The predicted octanol–water partition coefficient (Wildman–Crippen LogP) is 3.49. The zero-order valence-corrected chi connectivity index (χ0v) is 20.2. The number of rotatable bonds is 5. The highest BCUT2D eigenvalue weighted by atomic mass is 32.2. The molecule has 6 nitrogen and oxygen atoms in total. The number of nitrogens with one attached hydrogen (secondary N) is 1. The number of halogens is 3. The smallest absolute Gasteiger partial charge is 0.349 e. The number of benzene rings is 1. The van der Waals surface area contributed by atoms with E-state index in [0.717, 1.165) is 53.5 Å². The first kappa shape index (κ1) is 24.1. The quantitative estimate of drug-likeness (QED) is 0.674.